The Labute approximate surface area is 154 Å². The smallest absolute Gasteiger partial charge is 0.774 e. The van der Waals surface area contributed by atoms with Gasteiger partial charge in [-0.25, -0.2) is 43.9 Å². The van der Waals surface area contributed by atoms with Crippen LogP contribution in [0, 0.1) is 58.2 Å². The van der Waals surface area contributed by atoms with Crippen molar-refractivity contribution in [2.75, 3.05) is 0 Å². The van der Waals surface area contributed by atoms with Crippen molar-refractivity contribution in [2.45, 2.75) is 9.79 Å². The van der Waals surface area contributed by atoms with Crippen LogP contribution in [0.5, 0.6) is 0 Å². The zero-order valence-corrected chi connectivity index (χ0v) is 13.8. The minimum absolute atomic E-state index is 0. The van der Waals surface area contributed by atoms with Gasteiger partial charge < -0.3 is 25.3 Å². The molecule has 0 bridgehead atoms. The molecule has 0 aromatic heterocycles. The Morgan fingerprint density at radius 2 is 0.440 bits per heavy atom. The van der Waals surface area contributed by atoms with Crippen LogP contribution in [0.3, 0.4) is 0 Å². The van der Waals surface area contributed by atoms with Crippen LogP contribution in [-0.4, -0.2) is 0 Å². The Kier molecular flexibility index (Phi) is 8.42. The Balaban J connectivity index is 0.000000443. The second-order valence-electron chi connectivity index (χ2n) is 3.80. The summed E-state index contributed by atoms with van der Waals surface area (Å²) in [6.07, 6.45) is 0. The molecule has 2 rings (SSSR count). The normalized spacial score (nSPS) is 10.0. The quantitative estimate of drug-likeness (QED) is 0.189. The third-order valence-electron chi connectivity index (χ3n) is 2.34. The van der Waals surface area contributed by atoms with Gasteiger partial charge in [0.1, 0.15) is 23.3 Å². The summed E-state index contributed by atoms with van der Waals surface area (Å²) in [4.78, 5) is -2.57. The summed E-state index contributed by atoms with van der Waals surface area (Å²) < 4.78 is 122. The maximum atomic E-state index is 12.3. The van der Waals surface area contributed by atoms with Crippen LogP contribution in [0.4, 0.5) is 43.9 Å². The number of benzene rings is 2. The first kappa shape index (κ1) is 23.7. The van der Waals surface area contributed by atoms with E-state index in [1.807, 2.05) is 0 Å². The molecule has 25 heavy (non-hydrogen) atoms. The summed E-state index contributed by atoms with van der Waals surface area (Å²) in [5.74, 6) is -20.3. The van der Waals surface area contributed by atoms with E-state index in [4.69, 9.17) is 0 Å². The minimum Gasteiger partial charge on any atom is -0.774 e. The van der Waals surface area contributed by atoms with E-state index in [0.717, 1.165) is 0 Å². The molecule has 0 saturated carbocycles. The maximum absolute atomic E-state index is 12.3. The molecule has 2 aromatic carbocycles. The van der Waals surface area contributed by atoms with Crippen molar-refractivity contribution in [1.82, 2.24) is 0 Å². The van der Waals surface area contributed by atoms with Gasteiger partial charge in [0.25, 0.3) is 0 Å². The van der Waals surface area contributed by atoms with Gasteiger partial charge >= 0.3 is 17.1 Å². The van der Waals surface area contributed by atoms with Crippen LogP contribution in [0.25, 0.3) is 0 Å². The van der Waals surface area contributed by atoms with Gasteiger partial charge in [-0.05, 0) is 0 Å². The molecule has 0 N–H and O–H groups in total. The molecule has 0 aliphatic carbocycles. The molecule has 2 aromatic rings. The Bertz CT molecular complexity index is 534. The summed E-state index contributed by atoms with van der Waals surface area (Å²) in [7, 11) is 0. The van der Waals surface area contributed by atoms with Crippen LogP contribution >= 0.6 is 0 Å². The Hall–Kier alpha value is -1.30. The third-order valence-corrected chi connectivity index (χ3v) is 3.06. The van der Waals surface area contributed by atoms with Crippen molar-refractivity contribution in [2.24, 2.45) is 0 Å². The summed E-state index contributed by atoms with van der Waals surface area (Å²) in [6.45, 7) is 0. The summed E-state index contributed by atoms with van der Waals surface area (Å²) in [6, 6.07) is 0. The van der Waals surface area contributed by atoms with Crippen molar-refractivity contribution >= 4 is 25.3 Å². The molecule has 1 radical (unpaired) electrons. The SMILES string of the molecule is Fc1c(F)c(F)c([S-])c(F)c1F.Fc1c(F)c(F)c([S-])c(F)c1F.[Mn+2]. The first-order valence-corrected chi connectivity index (χ1v) is 6.11. The molecule has 13 heteroatoms. The molecule has 0 saturated heterocycles. The molecule has 0 nitrogen and oxygen atoms in total. The second-order valence-corrected chi connectivity index (χ2v) is 4.61. The Morgan fingerprint density at radius 1 is 0.320 bits per heavy atom. The average molecular weight is 453 g/mol. The number of rotatable bonds is 0. The van der Waals surface area contributed by atoms with E-state index in [-0.39, 0.29) is 17.1 Å². The predicted octanol–water partition coefficient (Wildman–Crippen LogP) is 4.57. The molecule has 0 spiro atoms. The molecule has 0 fully saturated rings. The maximum Gasteiger partial charge on any atom is 2.00 e. The van der Waals surface area contributed by atoms with Gasteiger partial charge in [-0.15, -0.1) is 0 Å². The van der Waals surface area contributed by atoms with Crippen molar-refractivity contribution in [3.05, 3.63) is 58.2 Å². The van der Waals surface area contributed by atoms with E-state index in [9.17, 15) is 43.9 Å². The Morgan fingerprint density at radius 3 is 0.600 bits per heavy atom. The zero-order chi connectivity index (χ0) is 18.9. The van der Waals surface area contributed by atoms with Crippen LogP contribution < -0.4 is 0 Å². The van der Waals surface area contributed by atoms with Crippen LogP contribution in [0.1, 0.15) is 0 Å². The number of hydrogen-bond donors (Lipinski definition) is 0. The van der Waals surface area contributed by atoms with Crippen molar-refractivity contribution in [1.29, 1.82) is 0 Å². The van der Waals surface area contributed by atoms with Gasteiger partial charge in [0.15, 0.2) is 34.9 Å². The van der Waals surface area contributed by atoms with E-state index in [0.29, 0.717) is 0 Å². The first-order chi connectivity index (χ1) is 10.9. The molecule has 0 heterocycles. The average Bonchev–Trinajstić information content (AvgIpc) is 2.58. The molecular weight excluding hydrogens is 453 g/mol. The molecule has 0 aliphatic heterocycles. The van der Waals surface area contributed by atoms with Gasteiger partial charge in [-0.1, -0.05) is 9.79 Å². The van der Waals surface area contributed by atoms with Gasteiger partial charge in [-0.2, -0.15) is 0 Å². The van der Waals surface area contributed by atoms with E-state index in [1.54, 1.807) is 0 Å². The molecular formula is C12F10MnS2. The summed E-state index contributed by atoms with van der Waals surface area (Å²) >= 11 is 7.86. The first-order valence-electron chi connectivity index (χ1n) is 5.30. The summed E-state index contributed by atoms with van der Waals surface area (Å²) in [5, 5.41) is 0. The topological polar surface area (TPSA) is 0 Å². The van der Waals surface area contributed by atoms with Gasteiger partial charge in [0.2, 0.25) is 0 Å². The van der Waals surface area contributed by atoms with Gasteiger partial charge in [0, 0.05) is 0 Å². The second kappa shape index (κ2) is 8.88. The van der Waals surface area contributed by atoms with Crippen LogP contribution in [-0.2, 0) is 42.3 Å². The number of halogens is 10. The fraction of sp³-hybridized carbons (Fsp3) is 0. The largest absolute Gasteiger partial charge is 2.00 e. The van der Waals surface area contributed by atoms with E-state index in [1.165, 1.54) is 0 Å². The van der Waals surface area contributed by atoms with Crippen molar-refractivity contribution in [3.8, 4) is 0 Å². The zero-order valence-electron chi connectivity index (χ0n) is 11.0. The molecule has 137 valence electrons. The van der Waals surface area contributed by atoms with Crippen molar-refractivity contribution < 1.29 is 61.0 Å². The minimum atomic E-state index is -2.20. The monoisotopic (exact) mass is 453 g/mol. The van der Waals surface area contributed by atoms with Crippen LogP contribution in [0.15, 0.2) is 9.79 Å². The fourth-order valence-electron chi connectivity index (χ4n) is 1.17. The molecule has 0 amide bonds. The van der Waals surface area contributed by atoms with E-state index in [2.05, 4.69) is 25.3 Å². The van der Waals surface area contributed by atoms with Gasteiger partial charge in [0.05, 0.1) is 0 Å². The van der Waals surface area contributed by atoms with E-state index >= 15 is 0 Å². The van der Waals surface area contributed by atoms with Crippen molar-refractivity contribution in [3.63, 3.8) is 0 Å². The molecule has 0 atom stereocenters. The van der Waals surface area contributed by atoms with Crippen LogP contribution in [0.2, 0.25) is 0 Å². The molecule has 0 aliphatic rings. The predicted molar refractivity (Wildman–Crippen MR) is 63.7 cm³/mol. The third kappa shape index (κ3) is 4.46. The van der Waals surface area contributed by atoms with E-state index < -0.39 is 68.0 Å². The standard InChI is InChI=1S/2C6HF5S.Mn/c2*7-1-2(8)4(10)6(12)5(11)3(1)9;/h2*12H;/q;;+2/p-2. The molecule has 0 unspecified atom stereocenters. The summed E-state index contributed by atoms with van der Waals surface area (Å²) in [5.41, 5.74) is 0. The van der Waals surface area contributed by atoms with Gasteiger partial charge in [-0.3, -0.25) is 0 Å². The fourth-order valence-corrected chi connectivity index (χ4v) is 1.53. The number of hydrogen-bond acceptors (Lipinski definition) is 2.